The van der Waals surface area contributed by atoms with Gasteiger partial charge in [-0.2, -0.15) is 5.10 Å². The van der Waals surface area contributed by atoms with Gasteiger partial charge in [0.1, 0.15) is 12.7 Å². The van der Waals surface area contributed by atoms with E-state index in [0.29, 0.717) is 11.4 Å². The zero-order valence-corrected chi connectivity index (χ0v) is 19.1. The van der Waals surface area contributed by atoms with Crippen molar-refractivity contribution in [3.05, 3.63) is 47.5 Å². The first kappa shape index (κ1) is 24.5. The number of halogens is 1. The predicted molar refractivity (Wildman–Crippen MR) is 94.2 cm³/mol. The van der Waals surface area contributed by atoms with Crippen molar-refractivity contribution in [1.82, 2.24) is 14.8 Å². The van der Waals surface area contributed by atoms with Gasteiger partial charge in [-0.1, -0.05) is 37.6 Å². The molecule has 1 heterocycles. The summed E-state index contributed by atoms with van der Waals surface area (Å²) >= 11 is 5.88. The van der Waals surface area contributed by atoms with Gasteiger partial charge in [0.25, 0.3) is 0 Å². The molecule has 0 saturated carbocycles. The molecule has 1 N–H and O–H groups in total. The number of aliphatic hydroxyl groups is 1. The van der Waals surface area contributed by atoms with Crippen molar-refractivity contribution in [2.24, 2.45) is 5.41 Å². The minimum absolute atomic E-state index is 0. The monoisotopic (exact) mass is 425 g/mol. The third-order valence-corrected chi connectivity index (χ3v) is 5.11. The number of aryl methyl sites for hydroxylation is 1. The zero-order chi connectivity index (χ0) is 19.4. The first-order valence-corrected chi connectivity index (χ1v) is 9.61. The topological polar surface area (TPSA) is 117 Å². The smallest absolute Gasteiger partial charge is 0.726 e. The van der Waals surface area contributed by atoms with Crippen LogP contribution in [0.4, 0.5) is 0 Å². The number of benzene rings is 1. The van der Waals surface area contributed by atoms with E-state index in [1.807, 2.05) is 12.1 Å². The number of hydrogen-bond acceptors (Lipinski definition) is 7. The van der Waals surface area contributed by atoms with Crippen LogP contribution in [-0.2, 0) is 27.5 Å². The Bertz CT molecular complexity index is 815. The van der Waals surface area contributed by atoms with Crippen LogP contribution in [0.1, 0.15) is 25.8 Å². The van der Waals surface area contributed by atoms with Crippen molar-refractivity contribution in [2.75, 3.05) is 6.61 Å². The number of hydrogen-bond donors (Lipinski definition) is 1. The summed E-state index contributed by atoms with van der Waals surface area (Å²) in [5.41, 5.74) is -1.51. The van der Waals surface area contributed by atoms with Crippen LogP contribution in [0, 0.1) is 5.41 Å². The van der Waals surface area contributed by atoms with E-state index in [1.165, 1.54) is 17.3 Å². The Labute approximate surface area is 186 Å². The third-order valence-electron chi connectivity index (χ3n) is 4.45. The molecular formula is C16H21ClN3NaO5S. The van der Waals surface area contributed by atoms with E-state index < -0.39 is 28.0 Å². The normalized spacial score (nSPS) is 14.4. The third kappa shape index (κ3) is 7.43. The Balaban J connectivity index is 0.00000364. The summed E-state index contributed by atoms with van der Waals surface area (Å²) in [6.07, 6.45) is 3.58. The van der Waals surface area contributed by atoms with Gasteiger partial charge in [-0.3, -0.25) is 8.86 Å². The molecule has 8 nitrogen and oxygen atoms in total. The van der Waals surface area contributed by atoms with Crippen molar-refractivity contribution in [3.8, 4) is 0 Å². The SMILES string of the molecule is CC(C)(COS(=O)(=O)[O-])C(O)(CCc1ccc(Cl)cc1)Cn1cncn1.[Na+]. The Hall–Kier alpha value is -0.520. The summed E-state index contributed by atoms with van der Waals surface area (Å²) in [5, 5.41) is 15.9. The molecule has 144 valence electrons. The number of nitrogens with zero attached hydrogens (tertiary/aromatic N) is 3. The van der Waals surface area contributed by atoms with Gasteiger partial charge in [0.15, 0.2) is 0 Å². The molecule has 2 aromatic rings. The molecule has 0 fully saturated rings. The fraction of sp³-hybridized carbons (Fsp3) is 0.500. The van der Waals surface area contributed by atoms with Crippen molar-refractivity contribution in [3.63, 3.8) is 0 Å². The maximum absolute atomic E-state index is 11.3. The van der Waals surface area contributed by atoms with E-state index in [2.05, 4.69) is 14.3 Å². The molecule has 1 unspecified atom stereocenters. The van der Waals surface area contributed by atoms with Gasteiger partial charge in [0.2, 0.25) is 10.4 Å². The molecule has 2 rings (SSSR count). The summed E-state index contributed by atoms with van der Waals surface area (Å²) in [6, 6.07) is 7.21. The zero-order valence-electron chi connectivity index (χ0n) is 15.5. The molecule has 1 aromatic heterocycles. The molecule has 1 atom stereocenters. The number of aromatic nitrogens is 3. The van der Waals surface area contributed by atoms with Crippen molar-refractivity contribution in [2.45, 2.75) is 38.8 Å². The molecule has 11 heteroatoms. The summed E-state index contributed by atoms with van der Waals surface area (Å²) in [7, 11) is -4.86. The van der Waals surface area contributed by atoms with Crippen molar-refractivity contribution < 1.29 is 51.8 Å². The summed E-state index contributed by atoms with van der Waals surface area (Å²) in [4.78, 5) is 3.85. The van der Waals surface area contributed by atoms with Crippen LogP contribution in [0.5, 0.6) is 0 Å². The van der Waals surface area contributed by atoms with Crippen LogP contribution in [0.15, 0.2) is 36.9 Å². The molecular weight excluding hydrogens is 405 g/mol. The maximum atomic E-state index is 11.3. The second-order valence-corrected chi connectivity index (χ2v) is 8.29. The molecule has 0 aliphatic rings. The minimum atomic E-state index is -4.86. The molecule has 0 aliphatic heterocycles. The van der Waals surface area contributed by atoms with Crippen LogP contribution in [0.25, 0.3) is 0 Å². The summed E-state index contributed by atoms with van der Waals surface area (Å²) in [5.74, 6) is 0. The van der Waals surface area contributed by atoms with Gasteiger partial charge in [-0.25, -0.2) is 13.4 Å². The van der Waals surface area contributed by atoms with Crippen LogP contribution in [0.2, 0.25) is 5.02 Å². The van der Waals surface area contributed by atoms with Crippen LogP contribution < -0.4 is 29.6 Å². The fourth-order valence-electron chi connectivity index (χ4n) is 2.57. The number of rotatable bonds is 9. The molecule has 0 bridgehead atoms. The maximum Gasteiger partial charge on any atom is 1.00 e. The standard InChI is InChI=1S/C16H22ClN3O5S.Na/c1-15(2,10-25-26(22,23)24)16(21,9-20-12-18-11-19-20)8-7-13-3-5-14(17)6-4-13;/h3-6,11-12,21H,7-10H2,1-2H3,(H,22,23,24);/q;+1/p-1. The van der Waals surface area contributed by atoms with E-state index in [4.69, 9.17) is 11.6 Å². The van der Waals surface area contributed by atoms with Gasteiger partial charge in [0.05, 0.1) is 18.8 Å². The van der Waals surface area contributed by atoms with Gasteiger partial charge < -0.3 is 9.66 Å². The second-order valence-electron chi connectivity index (χ2n) is 6.81. The van der Waals surface area contributed by atoms with Crippen LogP contribution in [0.3, 0.4) is 0 Å². The van der Waals surface area contributed by atoms with Crippen molar-refractivity contribution >= 4 is 22.0 Å². The molecule has 1 aromatic carbocycles. The Kier molecular flexibility index (Phi) is 8.90. The summed E-state index contributed by atoms with van der Waals surface area (Å²) < 4.78 is 38.4. The first-order valence-electron chi connectivity index (χ1n) is 7.90. The largest absolute Gasteiger partial charge is 1.00 e. The molecule has 0 spiro atoms. The molecule has 0 aliphatic carbocycles. The molecule has 0 amide bonds. The Morgan fingerprint density at radius 1 is 1.30 bits per heavy atom. The van der Waals surface area contributed by atoms with Gasteiger partial charge in [-0.15, -0.1) is 0 Å². The van der Waals surface area contributed by atoms with Gasteiger partial charge in [0, 0.05) is 10.4 Å². The fourth-order valence-corrected chi connectivity index (χ4v) is 3.13. The first-order chi connectivity index (χ1) is 12.0. The summed E-state index contributed by atoms with van der Waals surface area (Å²) in [6.45, 7) is 2.88. The van der Waals surface area contributed by atoms with Gasteiger partial charge in [-0.05, 0) is 30.5 Å². The van der Waals surface area contributed by atoms with E-state index in [-0.39, 0.29) is 42.5 Å². The molecule has 27 heavy (non-hydrogen) atoms. The van der Waals surface area contributed by atoms with E-state index in [9.17, 15) is 18.1 Å². The van der Waals surface area contributed by atoms with E-state index in [0.717, 1.165) is 5.56 Å². The minimum Gasteiger partial charge on any atom is -0.726 e. The Morgan fingerprint density at radius 3 is 2.44 bits per heavy atom. The van der Waals surface area contributed by atoms with Crippen LogP contribution >= 0.6 is 11.6 Å². The average Bonchev–Trinajstić information content (AvgIpc) is 3.04. The van der Waals surface area contributed by atoms with Crippen molar-refractivity contribution in [1.29, 1.82) is 0 Å². The van der Waals surface area contributed by atoms with Crippen LogP contribution in [-0.4, -0.2) is 45.0 Å². The Morgan fingerprint density at radius 2 is 1.93 bits per heavy atom. The average molecular weight is 426 g/mol. The van der Waals surface area contributed by atoms with E-state index in [1.54, 1.807) is 26.0 Å². The second kappa shape index (κ2) is 9.80. The molecule has 0 radical (unpaired) electrons. The van der Waals surface area contributed by atoms with E-state index >= 15 is 0 Å². The predicted octanol–water partition coefficient (Wildman–Crippen LogP) is -1.20. The quantitative estimate of drug-likeness (QED) is 0.304. The van der Waals surface area contributed by atoms with Gasteiger partial charge >= 0.3 is 29.6 Å². The molecule has 0 saturated heterocycles.